The Morgan fingerprint density at radius 2 is 0.926 bits per heavy atom. The van der Waals surface area contributed by atoms with Crippen molar-refractivity contribution < 1.29 is 4.42 Å². The Labute approximate surface area is 414 Å². The van der Waals surface area contributed by atoms with Crippen LogP contribution in [0.2, 0.25) is 0 Å². The van der Waals surface area contributed by atoms with Gasteiger partial charge in [0.1, 0.15) is 17.0 Å². The zero-order chi connectivity index (χ0) is 51.4. The lowest BCUT2D eigenvalue weighted by molar-refractivity contribution is 0.410. The first-order valence-corrected chi connectivity index (χ1v) is 25.4. The van der Waals surface area contributed by atoms with E-state index in [2.05, 4.69) is 270 Å². The molecule has 0 spiro atoms. The Bertz CT molecular complexity index is 2510. The molecule has 0 radical (unpaired) electrons. The van der Waals surface area contributed by atoms with Crippen LogP contribution in [0.1, 0.15) is 211 Å². The fourth-order valence-electron chi connectivity index (χ4n) is 7.05. The van der Waals surface area contributed by atoms with Crippen molar-refractivity contribution in [2.75, 3.05) is 0 Å². The second kappa shape index (κ2) is 18.8. The summed E-state index contributed by atoms with van der Waals surface area (Å²) in [6.45, 7) is 52.9. The Balaban J connectivity index is 0.000000169. The summed E-state index contributed by atoms with van der Waals surface area (Å²) in [5, 5.41) is 1.22. The molecule has 368 valence electrons. The standard InChI is InChI=1S/2C15H22N2.C15H21NO.C15H21NS/c1-14(2,3)11-7-8-13-16-12(15(4,5)6)10-17(13)9-11;3*1-14(2,3)10-7-8-11-12(9-10)17-13(16-11)15(4,5)6/h7-10H,1-6H3;7-9H,1-6H3,(H,16,17);2*7-9H,1-6H3. The van der Waals surface area contributed by atoms with Crippen molar-refractivity contribution in [1.29, 1.82) is 0 Å². The molecule has 3 aromatic carbocycles. The van der Waals surface area contributed by atoms with E-state index in [0.717, 1.165) is 50.7 Å². The highest BCUT2D eigenvalue weighted by Crippen LogP contribution is 2.35. The van der Waals surface area contributed by atoms with Crippen LogP contribution in [-0.4, -0.2) is 29.3 Å². The molecule has 8 heteroatoms. The number of pyridine rings is 1. The molecule has 0 aliphatic carbocycles. The van der Waals surface area contributed by atoms with Gasteiger partial charge in [-0.15, -0.1) is 11.3 Å². The zero-order valence-corrected chi connectivity index (χ0v) is 47.4. The Hall–Kier alpha value is -4.82. The third kappa shape index (κ3) is 13.7. The number of nitrogens with zero attached hydrogens (tertiary/aromatic N) is 5. The minimum Gasteiger partial charge on any atom is -0.440 e. The first-order valence-electron chi connectivity index (χ1n) is 24.5. The largest absolute Gasteiger partial charge is 0.440 e. The Morgan fingerprint density at radius 3 is 1.43 bits per heavy atom. The number of benzene rings is 3. The van der Waals surface area contributed by atoms with E-state index in [1.165, 1.54) is 32.0 Å². The van der Waals surface area contributed by atoms with Gasteiger partial charge in [-0.3, -0.25) is 0 Å². The van der Waals surface area contributed by atoms with Crippen molar-refractivity contribution in [3.63, 3.8) is 0 Å². The first-order chi connectivity index (χ1) is 30.7. The molecule has 0 aliphatic heterocycles. The number of nitrogens with one attached hydrogen (secondary N) is 1. The molecular weight excluding hydrogens is 853 g/mol. The molecule has 0 fully saturated rings. The maximum absolute atomic E-state index is 5.86. The van der Waals surface area contributed by atoms with Gasteiger partial charge < -0.3 is 13.8 Å². The van der Waals surface area contributed by atoms with Crippen LogP contribution >= 0.6 is 11.3 Å². The predicted molar refractivity (Wildman–Crippen MR) is 295 cm³/mol. The summed E-state index contributed by atoms with van der Waals surface area (Å²) in [7, 11) is 0. The van der Waals surface area contributed by atoms with Gasteiger partial charge in [-0.1, -0.05) is 190 Å². The lowest BCUT2D eigenvalue weighted by atomic mass is 9.87. The van der Waals surface area contributed by atoms with Crippen LogP contribution < -0.4 is 0 Å². The van der Waals surface area contributed by atoms with Crippen molar-refractivity contribution in [2.45, 2.75) is 209 Å². The molecule has 7 nitrogen and oxygen atoms in total. The second-order valence-corrected chi connectivity index (χ2v) is 28.1. The fraction of sp³-hybridized carbons (Fsp3) is 0.533. The number of rotatable bonds is 0. The smallest absolute Gasteiger partial charge is 0.200 e. The molecule has 0 aliphatic rings. The van der Waals surface area contributed by atoms with Gasteiger partial charge in [-0.2, -0.15) is 0 Å². The molecule has 0 amide bonds. The summed E-state index contributed by atoms with van der Waals surface area (Å²) in [5.41, 5.74) is 13.7. The molecule has 5 heterocycles. The van der Waals surface area contributed by atoms with Crippen molar-refractivity contribution in [3.05, 3.63) is 124 Å². The van der Waals surface area contributed by atoms with E-state index in [9.17, 15) is 0 Å². The van der Waals surface area contributed by atoms with Crippen LogP contribution in [0.15, 0.2) is 83.5 Å². The average molecular weight is 939 g/mol. The number of fused-ring (bicyclic) bond motifs is 4. The van der Waals surface area contributed by atoms with Crippen LogP contribution in [0.3, 0.4) is 0 Å². The molecule has 8 aromatic rings. The van der Waals surface area contributed by atoms with E-state index in [0.29, 0.717) is 0 Å². The van der Waals surface area contributed by atoms with E-state index in [1.807, 2.05) is 11.3 Å². The number of H-pyrrole nitrogens is 1. The molecule has 8 rings (SSSR count). The minimum absolute atomic E-state index is 0.0408. The molecule has 68 heavy (non-hydrogen) atoms. The Kier molecular flexibility index (Phi) is 15.0. The second-order valence-electron chi connectivity index (χ2n) is 27.0. The summed E-state index contributed by atoms with van der Waals surface area (Å²) in [4.78, 5) is 22.0. The van der Waals surface area contributed by atoms with Crippen LogP contribution in [0.4, 0.5) is 0 Å². The van der Waals surface area contributed by atoms with Crippen molar-refractivity contribution in [1.82, 2.24) is 29.3 Å². The highest BCUT2D eigenvalue weighted by molar-refractivity contribution is 7.18. The van der Waals surface area contributed by atoms with Gasteiger partial charge in [0.15, 0.2) is 5.58 Å². The van der Waals surface area contributed by atoms with Gasteiger partial charge in [0.2, 0.25) is 5.89 Å². The Morgan fingerprint density at radius 1 is 0.426 bits per heavy atom. The topological polar surface area (TPSA) is 84.9 Å². The molecule has 1 N–H and O–H groups in total. The summed E-state index contributed by atoms with van der Waals surface area (Å²) < 4.78 is 9.30. The number of aromatic nitrogens is 6. The number of hydrogen-bond acceptors (Lipinski definition) is 6. The molecule has 0 bridgehead atoms. The summed E-state index contributed by atoms with van der Waals surface area (Å²) >= 11 is 1.82. The minimum atomic E-state index is -0.0408. The van der Waals surface area contributed by atoms with Crippen LogP contribution in [0, 0.1) is 0 Å². The van der Waals surface area contributed by atoms with E-state index in [4.69, 9.17) is 9.40 Å². The van der Waals surface area contributed by atoms with Crippen LogP contribution in [-0.2, 0) is 43.3 Å². The van der Waals surface area contributed by atoms with Gasteiger partial charge >= 0.3 is 0 Å². The number of thiazole rings is 1. The SMILES string of the molecule is CC(C)(C)c1ccc2nc(C(C)(C)C)[nH]c2c1.CC(C)(C)c1ccc2nc(C(C)(C)C)cn2c1.CC(C)(C)c1ccc2nc(C(C)(C)C)oc2c1.CC(C)(C)c1ccc2nc(C(C)(C)C)sc2c1. The number of imidazole rings is 2. The number of oxazole rings is 1. The lowest BCUT2D eigenvalue weighted by Crippen LogP contribution is -2.13. The molecule has 0 atom stereocenters. The van der Waals surface area contributed by atoms with Gasteiger partial charge in [0.25, 0.3) is 0 Å². The van der Waals surface area contributed by atoms with Gasteiger partial charge in [-0.05, 0) is 86.4 Å². The maximum atomic E-state index is 5.86. The van der Waals surface area contributed by atoms with Crippen molar-refractivity contribution in [3.8, 4) is 0 Å². The van der Waals surface area contributed by atoms with Crippen molar-refractivity contribution >= 4 is 49.3 Å². The third-order valence-corrected chi connectivity index (χ3v) is 13.4. The highest BCUT2D eigenvalue weighted by atomic mass is 32.1. The van der Waals surface area contributed by atoms with Gasteiger partial charge in [0, 0.05) is 34.1 Å². The molecular formula is C60H86N6OS. The third-order valence-electron chi connectivity index (χ3n) is 11.9. The maximum Gasteiger partial charge on any atom is 0.200 e. The van der Waals surface area contributed by atoms with E-state index < -0.39 is 0 Å². The summed E-state index contributed by atoms with van der Waals surface area (Å²) in [6, 6.07) is 23.7. The summed E-state index contributed by atoms with van der Waals surface area (Å²) in [5.74, 6) is 1.86. The quantitative estimate of drug-likeness (QED) is 0.164. The molecule has 0 saturated carbocycles. The fourth-order valence-corrected chi connectivity index (χ4v) is 8.11. The number of hydrogen-bond donors (Lipinski definition) is 1. The molecule has 5 aromatic heterocycles. The van der Waals surface area contributed by atoms with E-state index >= 15 is 0 Å². The zero-order valence-electron chi connectivity index (χ0n) is 46.6. The van der Waals surface area contributed by atoms with Gasteiger partial charge in [-0.25, -0.2) is 19.9 Å². The lowest BCUT2D eigenvalue weighted by Gasteiger charge is -2.18. The molecule has 0 saturated heterocycles. The van der Waals surface area contributed by atoms with E-state index in [-0.39, 0.29) is 43.3 Å². The monoisotopic (exact) mass is 939 g/mol. The predicted octanol–water partition coefficient (Wildman–Crippen LogP) is 17.4. The van der Waals surface area contributed by atoms with E-state index in [1.54, 1.807) is 0 Å². The average Bonchev–Trinajstić information content (AvgIpc) is 3.99. The van der Waals surface area contributed by atoms with Gasteiger partial charge in [0.05, 0.1) is 32.0 Å². The highest BCUT2D eigenvalue weighted by Gasteiger charge is 2.25. The normalized spacial score (nSPS) is 13.3. The first kappa shape index (κ1) is 54.1. The number of aromatic amines is 1. The van der Waals surface area contributed by atoms with Crippen LogP contribution in [0.25, 0.3) is 38.0 Å². The summed E-state index contributed by atoms with van der Waals surface area (Å²) in [6.07, 6.45) is 4.34. The molecule has 0 unspecified atom stereocenters. The van der Waals surface area contributed by atoms with Crippen LogP contribution in [0.5, 0.6) is 0 Å². The van der Waals surface area contributed by atoms with Crippen molar-refractivity contribution in [2.24, 2.45) is 0 Å².